The van der Waals surface area contributed by atoms with E-state index in [2.05, 4.69) is 124 Å². The Kier molecular flexibility index (Phi) is 7.30. The van der Waals surface area contributed by atoms with Crippen LogP contribution in [0.1, 0.15) is 11.1 Å². The summed E-state index contributed by atoms with van der Waals surface area (Å²) in [7, 11) is 0. The van der Waals surface area contributed by atoms with Gasteiger partial charge in [-0.05, 0) is 101 Å². The monoisotopic (exact) mass is 702 g/mol. The Hall–Kier alpha value is -1.86. The second-order valence-electron chi connectivity index (χ2n) is 7.88. The van der Waals surface area contributed by atoms with Crippen LogP contribution in [0.3, 0.4) is 0 Å². The van der Waals surface area contributed by atoms with Crippen molar-refractivity contribution in [1.29, 1.82) is 0 Å². The van der Waals surface area contributed by atoms with Crippen LogP contribution in [0.4, 0.5) is 0 Å². The summed E-state index contributed by atoms with van der Waals surface area (Å²) in [6.07, 6.45) is 0. The van der Waals surface area contributed by atoms with Gasteiger partial charge in [0.15, 0.2) is 0 Å². The highest BCUT2D eigenvalue weighted by atomic mass is 79.9. The van der Waals surface area contributed by atoms with Gasteiger partial charge in [-0.2, -0.15) is 0 Å². The van der Waals surface area contributed by atoms with Gasteiger partial charge in [-0.25, -0.2) is 0 Å². The van der Waals surface area contributed by atoms with Crippen LogP contribution < -0.4 is 9.47 Å². The zero-order valence-electron chi connectivity index (χ0n) is 17.8. The van der Waals surface area contributed by atoms with Gasteiger partial charge in [0.05, 0.1) is 8.95 Å². The molecular weight excluding hydrogens is 688 g/mol. The van der Waals surface area contributed by atoms with Crippen molar-refractivity contribution in [3.63, 3.8) is 0 Å². The summed E-state index contributed by atoms with van der Waals surface area (Å²) in [5, 5.41) is 4.56. The highest BCUT2D eigenvalue weighted by Crippen LogP contribution is 2.36. The number of hydrogen-bond acceptors (Lipinski definition) is 2. The summed E-state index contributed by atoms with van der Waals surface area (Å²) in [6.45, 7) is 0.987. The fraction of sp³-hybridized carbons (Fsp3) is 0.0714. The number of benzene rings is 5. The minimum Gasteiger partial charge on any atom is -0.488 e. The van der Waals surface area contributed by atoms with Gasteiger partial charge in [-0.1, -0.05) is 80.4 Å². The van der Waals surface area contributed by atoms with Crippen LogP contribution in [0.2, 0.25) is 0 Å². The summed E-state index contributed by atoms with van der Waals surface area (Å²) in [5.74, 6) is 1.66. The van der Waals surface area contributed by atoms with Crippen molar-refractivity contribution in [3.05, 3.63) is 114 Å². The van der Waals surface area contributed by atoms with Gasteiger partial charge in [0.1, 0.15) is 24.7 Å². The standard InChI is InChI=1S/C28H18Br4O2/c29-21-7-9-23-19(13-21)5-11-25(27(23)31)33-15-17-1-2-18(4-3-17)16-34-26-12-6-20-14-22(30)8-10-24(20)28(26)32/h1-14H,15-16H2. The molecule has 0 saturated carbocycles. The fourth-order valence-electron chi connectivity index (χ4n) is 3.76. The van der Waals surface area contributed by atoms with E-state index in [0.29, 0.717) is 13.2 Å². The van der Waals surface area contributed by atoms with Gasteiger partial charge >= 0.3 is 0 Å². The molecule has 0 fully saturated rings. The maximum Gasteiger partial charge on any atom is 0.134 e. The van der Waals surface area contributed by atoms with Crippen LogP contribution >= 0.6 is 63.7 Å². The SMILES string of the molecule is Brc1ccc2c(Br)c(OCc3ccc(COc4ccc5cc(Br)ccc5c4Br)cc3)ccc2c1. The molecule has 0 bridgehead atoms. The van der Waals surface area contributed by atoms with Crippen molar-refractivity contribution in [2.75, 3.05) is 0 Å². The average Bonchev–Trinajstić information content (AvgIpc) is 2.84. The molecule has 6 heteroatoms. The van der Waals surface area contributed by atoms with Crippen LogP contribution in [0, 0.1) is 0 Å². The first-order chi connectivity index (χ1) is 16.5. The highest BCUT2D eigenvalue weighted by Gasteiger charge is 2.09. The van der Waals surface area contributed by atoms with E-state index in [0.717, 1.165) is 62.1 Å². The molecule has 0 N–H and O–H groups in total. The fourth-order valence-corrected chi connectivity index (χ4v) is 5.74. The first kappa shape index (κ1) is 23.9. The first-order valence-corrected chi connectivity index (χ1v) is 13.7. The van der Waals surface area contributed by atoms with E-state index >= 15 is 0 Å². The number of hydrogen-bond donors (Lipinski definition) is 0. The van der Waals surface area contributed by atoms with Crippen molar-refractivity contribution >= 4 is 85.3 Å². The van der Waals surface area contributed by atoms with E-state index < -0.39 is 0 Å². The zero-order chi connectivity index (χ0) is 23.7. The van der Waals surface area contributed by atoms with E-state index in [-0.39, 0.29) is 0 Å². The predicted molar refractivity (Wildman–Crippen MR) is 154 cm³/mol. The van der Waals surface area contributed by atoms with Crippen LogP contribution in [0.25, 0.3) is 21.5 Å². The molecule has 0 saturated heterocycles. The van der Waals surface area contributed by atoms with Gasteiger partial charge in [-0.15, -0.1) is 0 Å². The third-order valence-electron chi connectivity index (χ3n) is 5.57. The summed E-state index contributed by atoms with van der Waals surface area (Å²) < 4.78 is 16.3. The molecule has 0 aliphatic rings. The molecule has 0 aromatic heterocycles. The van der Waals surface area contributed by atoms with Crippen LogP contribution in [-0.2, 0) is 13.2 Å². The molecule has 170 valence electrons. The molecule has 0 unspecified atom stereocenters. The Morgan fingerprint density at radius 3 is 1.29 bits per heavy atom. The predicted octanol–water partition coefficient (Wildman–Crippen LogP) is 10.2. The molecule has 0 spiro atoms. The van der Waals surface area contributed by atoms with Gasteiger partial charge in [0.2, 0.25) is 0 Å². The van der Waals surface area contributed by atoms with E-state index in [1.54, 1.807) is 0 Å². The Morgan fingerprint density at radius 2 is 0.882 bits per heavy atom. The molecule has 5 aromatic carbocycles. The van der Waals surface area contributed by atoms with Crippen LogP contribution in [0.15, 0.2) is 103 Å². The molecular formula is C28H18Br4O2. The van der Waals surface area contributed by atoms with E-state index in [9.17, 15) is 0 Å². The lowest BCUT2D eigenvalue weighted by Gasteiger charge is -2.12. The quantitative estimate of drug-likeness (QED) is 0.175. The van der Waals surface area contributed by atoms with Gasteiger partial charge in [0.25, 0.3) is 0 Å². The number of fused-ring (bicyclic) bond motifs is 2. The normalized spacial score (nSPS) is 11.2. The smallest absolute Gasteiger partial charge is 0.134 e. The number of ether oxygens (including phenoxy) is 2. The van der Waals surface area contributed by atoms with Crippen LogP contribution in [0.5, 0.6) is 11.5 Å². The first-order valence-electron chi connectivity index (χ1n) is 10.6. The van der Waals surface area contributed by atoms with E-state index in [1.807, 2.05) is 24.3 Å². The maximum atomic E-state index is 6.10. The molecule has 0 heterocycles. The highest BCUT2D eigenvalue weighted by molar-refractivity contribution is 9.11. The van der Waals surface area contributed by atoms with E-state index in [1.165, 1.54) is 0 Å². The minimum atomic E-state index is 0.494. The second-order valence-corrected chi connectivity index (χ2v) is 11.3. The lowest BCUT2D eigenvalue weighted by Crippen LogP contribution is -1.99. The maximum absolute atomic E-state index is 6.10. The van der Waals surface area contributed by atoms with Crippen molar-refractivity contribution in [3.8, 4) is 11.5 Å². The third kappa shape index (κ3) is 5.20. The zero-order valence-corrected chi connectivity index (χ0v) is 24.2. The second kappa shape index (κ2) is 10.4. The topological polar surface area (TPSA) is 18.5 Å². The van der Waals surface area contributed by atoms with Crippen molar-refractivity contribution in [2.45, 2.75) is 13.2 Å². The molecule has 2 nitrogen and oxygen atoms in total. The summed E-state index contributed by atoms with van der Waals surface area (Å²) >= 11 is 14.4. The average molecular weight is 706 g/mol. The Morgan fingerprint density at radius 1 is 0.471 bits per heavy atom. The number of halogens is 4. The Labute approximate surface area is 231 Å². The lowest BCUT2D eigenvalue weighted by atomic mass is 10.1. The Balaban J connectivity index is 1.23. The third-order valence-corrected chi connectivity index (χ3v) is 8.20. The molecule has 0 aliphatic carbocycles. The van der Waals surface area contributed by atoms with Gasteiger partial charge < -0.3 is 9.47 Å². The molecule has 5 rings (SSSR count). The van der Waals surface area contributed by atoms with Crippen molar-refractivity contribution < 1.29 is 9.47 Å². The largest absolute Gasteiger partial charge is 0.488 e. The molecule has 0 aliphatic heterocycles. The molecule has 34 heavy (non-hydrogen) atoms. The molecule has 5 aromatic rings. The molecule has 0 amide bonds. The van der Waals surface area contributed by atoms with Gasteiger partial charge in [0, 0.05) is 8.95 Å². The van der Waals surface area contributed by atoms with Crippen molar-refractivity contribution in [2.24, 2.45) is 0 Å². The minimum absolute atomic E-state index is 0.494. The van der Waals surface area contributed by atoms with Crippen molar-refractivity contribution in [1.82, 2.24) is 0 Å². The van der Waals surface area contributed by atoms with E-state index in [4.69, 9.17) is 9.47 Å². The van der Waals surface area contributed by atoms with Crippen LogP contribution in [-0.4, -0.2) is 0 Å². The summed E-state index contributed by atoms with van der Waals surface area (Å²) in [4.78, 5) is 0. The lowest BCUT2D eigenvalue weighted by molar-refractivity contribution is 0.301. The summed E-state index contributed by atoms with van der Waals surface area (Å²) in [6, 6.07) is 28.9. The number of rotatable bonds is 6. The molecule has 0 radical (unpaired) electrons. The summed E-state index contributed by atoms with van der Waals surface area (Å²) in [5.41, 5.74) is 2.20. The van der Waals surface area contributed by atoms with Gasteiger partial charge in [-0.3, -0.25) is 0 Å². The Bertz CT molecular complexity index is 1380. The molecule has 0 atom stereocenters.